The molecule has 0 aromatic heterocycles. The fourth-order valence-corrected chi connectivity index (χ4v) is 3.23. The van der Waals surface area contributed by atoms with Crippen molar-refractivity contribution in [3.8, 4) is 11.5 Å². The summed E-state index contributed by atoms with van der Waals surface area (Å²) >= 11 is 0. The van der Waals surface area contributed by atoms with E-state index in [0.717, 1.165) is 29.0 Å². The Labute approximate surface area is 143 Å². The van der Waals surface area contributed by atoms with Gasteiger partial charge in [-0.1, -0.05) is 36.4 Å². The van der Waals surface area contributed by atoms with Crippen LogP contribution in [0.25, 0.3) is 0 Å². The summed E-state index contributed by atoms with van der Waals surface area (Å²) in [5.41, 5.74) is 2.16. The van der Waals surface area contributed by atoms with Gasteiger partial charge in [0, 0.05) is 25.5 Å². The topological polar surface area (TPSA) is 38.8 Å². The van der Waals surface area contributed by atoms with Crippen molar-refractivity contribution in [2.24, 2.45) is 0 Å². The largest absolute Gasteiger partial charge is 0.496 e. The second-order valence-electron chi connectivity index (χ2n) is 6.01. The van der Waals surface area contributed by atoms with E-state index in [0.29, 0.717) is 19.4 Å². The minimum absolute atomic E-state index is 0.0834. The number of para-hydroxylation sites is 2. The summed E-state index contributed by atoms with van der Waals surface area (Å²) in [5, 5.41) is 0. The Bertz CT molecular complexity index is 714. The van der Waals surface area contributed by atoms with E-state index in [4.69, 9.17) is 9.47 Å². The number of nitrogens with zero attached hydrogens (tertiary/aromatic N) is 1. The molecule has 1 heterocycles. The van der Waals surface area contributed by atoms with Gasteiger partial charge in [-0.2, -0.15) is 0 Å². The summed E-state index contributed by atoms with van der Waals surface area (Å²) in [6.07, 6.45) is 1.97. The molecule has 0 aliphatic carbocycles. The highest BCUT2D eigenvalue weighted by atomic mass is 16.5. The molecule has 0 saturated carbocycles. The Morgan fingerprint density at radius 3 is 2.79 bits per heavy atom. The molecule has 4 nitrogen and oxygen atoms in total. The van der Waals surface area contributed by atoms with Crippen LogP contribution in [0.4, 0.5) is 0 Å². The van der Waals surface area contributed by atoms with E-state index in [1.165, 1.54) is 0 Å². The maximum absolute atomic E-state index is 12.7. The van der Waals surface area contributed by atoms with Crippen molar-refractivity contribution in [1.29, 1.82) is 0 Å². The molecule has 1 aliphatic heterocycles. The molecular weight excluding hydrogens is 302 g/mol. The van der Waals surface area contributed by atoms with Crippen LogP contribution in [0.15, 0.2) is 48.5 Å². The van der Waals surface area contributed by atoms with Crippen molar-refractivity contribution in [3.63, 3.8) is 0 Å². The van der Waals surface area contributed by atoms with Gasteiger partial charge in [0.15, 0.2) is 0 Å². The SMILES string of the molecule is COc1ccccc1CCC(=O)N(C)C1CCOc2ccccc21. The minimum Gasteiger partial charge on any atom is -0.496 e. The number of hydrogen-bond donors (Lipinski definition) is 0. The highest BCUT2D eigenvalue weighted by Crippen LogP contribution is 2.35. The van der Waals surface area contributed by atoms with Gasteiger partial charge in [-0.25, -0.2) is 0 Å². The second kappa shape index (κ2) is 7.39. The van der Waals surface area contributed by atoms with Crippen LogP contribution in [-0.4, -0.2) is 31.6 Å². The maximum atomic E-state index is 12.7. The van der Waals surface area contributed by atoms with Crippen molar-refractivity contribution in [1.82, 2.24) is 4.90 Å². The lowest BCUT2D eigenvalue weighted by Gasteiger charge is -2.33. The van der Waals surface area contributed by atoms with Crippen LogP contribution in [0.2, 0.25) is 0 Å². The fourth-order valence-electron chi connectivity index (χ4n) is 3.23. The Morgan fingerprint density at radius 2 is 1.96 bits per heavy atom. The normalized spacial score (nSPS) is 16.0. The first-order valence-corrected chi connectivity index (χ1v) is 8.30. The standard InChI is InChI=1S/C20H23NO3/c1-21(17-13-14-24-19-10-6-4-8-16(17)19)20(22)12-11-15-7-3-5-9-18(15)23-2/h3-10,17H,11-14H2,1-2H3. The van der Waals surface area contributed by atoms with Crippen LogP contribution < -0.4 is 9.47 Å². The minimum atomic E-state index is 0.0834. The highest BCUT2D eigenvalue weighted by molar-refractivity contribution is 5.77. The molecule has 4 heteroatoms. The third-order valence-corrected chi connectivity index (χ3v) is 4.59. The van der Waals surface area contributed by atoms with Gasteiger partial charge >= 0.3 is 0 Å². The van der Waals surface area contributed by atoms with Crippen molar-refractivity contribution in [3.05, 3.63) is 59.7 Å². The predicted molar refractivity (Wildman–Crippen MR) is 93.4 cm³/mol. The first-order valence-electron chi connectivity index (χ1n) is 8.30. The monoisotopic (exact) mass is 325 g/mol. The third kappa shape index (κ3) is 3.37. The first kappa shape index (κ1) is 16.4. The van der Waals surface area contributed by atoms with Crippen LogP contribution in [-0.2, 0) is 11.2 Å². The average molecular weight is 325 g/mol. The molecule has 0 radical (unpaired) electrons. The van der Waals surface area contributed by atoms with Gasteiger partial charge < -0.3 is 14.4 Å². The Kier molecular flexibility index (Phi) is 5.04. The van der Waals surface area contributed by atoms with Gasteiger partial charge in [0.25, 0.3) is 0 Å². The molecule has 1 amide bonds. The van der Waals surface area contributed by atoms with Gasteiger partial charge in [-0.3, -0.25) is 4.79 Å². The van der Waals surface area contributed by atoms with Crippen molar-refractivity contribution >= 4 is 5.91 Å². The van der Waals surface area contributed by atoms with E-state index in [9.17, 15) is 4.79 Å². The number of hydrogen-bond acceptors (Lipinski definition) is 3. The number of ether oxygens (including phenoxy) is 2. The van der Waals surface area contributed by atoms with Crippen molar-refractivity contribution in [2.75, 3.05) is 20.8 Å². The molecule has 24 heavy (non-hydrogen) atoms. The molecule has 126 valence electrons. The Morgan fingerprint density at radius 1 is 1.21 bits per heavy atom. The number of rotatable bonds is 5. The number of amides is 1. The van der Waals surface area contributed by atoms with Gasteiger partial charge in [0.2, 0.25) is 5.91 Å². The highest BCUT2D eigenvalue weighted by Gasteiger charge is 2.27. The number of benzene rings is 2. The van der Waals surface area contributed by atoms with Crippen molar-refractivity contribution in [2.45, 2.75) is 25.3 Å². The molecule has 3 rings (SSSR count). The Balaban J connectivity index is 1.67. The van der Waals surface area contributed by atoms with Gasteiger partial charge in [-0.05, 0) is 24.1 Å². The molecule has 0 N–H and O–H groups in total. The molecule has 0 saturated heterocycles. The zero-order chi connectivity index (χ0) is 16.9. The predicted octanol–water partition coefficient (Wildman–Crippen LogP) is 3.61. The summed E-state index contributed by atoms with van der Waals surface area (Å²) in [7, 11) is 3.54. The van der Waals surface area contributed by atoms with Crippen LogP contribution in [0.1, 0.15) is 30.0 Å². The lowest BCUT2D eigenvalue weighted by Crippen LogP contribution is -2.34. The summed E-state index contributed by atoms with van der Waals surface area (Å²) in [6, 6.07) is 15.9. The van der Waals surface area contributed by atoms with Gasteiger partial charge in [-0.15, -0.1) is 0 Å². The Hall–Kier alpha value is -2.49. The lowest BCUT2D eigenvalue weighted by atomic mass is 9.98. The number of carbonyl (C=O) groups is 1. The second-order valence-corrected chi connectivity index (χ2v) is 6.01. The number of carbonyl (C=O) groups excluding carboxylic acids is 1. The van der Waals surface area contributed by atoms with Crippen LogP contribution in [0, 0.1) is 0 Å². The fraction of sp³-hybridized carbons (Fsp3) is 0.350. The lowest BCUT2D eigenvalue weighted by molar-refractivity contribution is -0.132. The number of fused-ring (bicyclic) bond motifs is 1. The number of aryl methyl sites for hydroxylation is 1. The van der Waals surface area contributed by atoms with Crippen molar-refractivity contribution < 1.29 is 14.3 Å². The first-order chi connectivity index (χ1) is 11.7. The van der Waals surface area contributed by atoms with E-state index in [-0.39, 0.29) is 11.9 Å². The van der Waals surface area contributed by atoms with Gasteiger partial charge in [0.05, 0.1) is 19.8 Å². The molecular formula is C20H23NO3. The van der Waals surface area contributed by atoms with Crippen LogP contribution >= 0.6 is 0 Å². The van der Waals surface area contributed by atoms with Crippen LogP contribution in [0.5, 0.6) is 11.5 Å². The molecule has 0 spiro atoms. The third-order valence-electron chi connectivity index (χ3n) is 4.59. The van der Waals surface area contributed by atoms with E-state index in [2.05, 4.69) is 0 Å². The molecule has 2 aromatic rings. The number of methoxy groups -OCH3 is 1. The molecule has 1 unspecified atom stereocenters. The molecule has 2 aromatic carbocycles. The summed E-state index contributed by atoms with van der Waals surface area (Å²) in [5.74, 6) is 1.87. The molecule has 1 aliphatic rings. The quantitative estimate of drug-likeness (QED) is 0.843. The maximum Gasteiger partial charge on any atom is 0.223 e. The molecule has 1 atom stereocenters. The zero-order valence-electron chi connectivity index (χ0n) is 14.2. The smallest absolute Gasteiger partial charge is 0.223 e. The van der Waals surface area contributed by atoms with Crippen LogP contribution in [0.3, 0.4) is 0 Å². The summed E-state index contributed by atoms with van der Waals surface area (Å²) in [6.45, 7) is 0.645. The van der Waals surface area contributed by atoms with E-state index in [1.54, 1.807) is 7.11 Å². The van der Waals surface area contributed by atoms with E-state index in [1.807, 2.05) is 60.5 Å². The average Bonchev–Trinajstić information content (AvgIpc) is 2.65. The summed E-state index contributed by atoms with van der Waals surface area (Å²) in [4.78, 5) is 14.5. The molecule has 0 fully saturated rings. The van der Waals surface area contributed by atoms with E-state index < -0.39 is 0 Å². The zero-order valence-corrected chi connectivity index (χ0v) is 14.2. The van der Waals surface area contributed by atoms with Gasteiger partial charge in [0.1, 0.15) is 11.5 Å². The molecule has 0 bridgehead atoms. The van der Waals surface area contributed by atoms with E-state index >= 15 is 0 Å². The summed E-state index contributed by atoms with van der Waals surface area (Å²) < 4.78 is 11.0.